The molecule has 4 heteroatoms. The number of halogens is 1. The second-order valence-corrected chi connectivity index (χ2v) is 3.68. The van der Waals surface area contributed by atoms with Crippen LogP contribution in [0, 0.1) is 0 Å². The minimum Gasteiger partial charge on any atom is -0.492 e. The molecule has 2 nitrogen and oxygen atoms in total. The zero-order valence-corrected chi connectivity index (χ0v) is 9.68. The van der Waals surface area contributed by atoms with Crippen LogP contribution in [0.5, 0.6) is 5.75 Å². The first kappa shape index (κ1) is 11.7. The molecule has 0 saturated carbocycles. The van der Waals surface area contributed by atoms with E-state index in [0.29, 0.717) is 23.1 Å². The van der Waals surface area contributed by atoms with Crippen molar-refractivity contribution in [1.82, 2.24) is 0 Å². The van der Waals surface area contributed by atoms with Gasteiger partial charge < -0.3 is 10.5 Å². The van der Waals surface area contributed by atoms with Crippen LogP contribution in [0.3, 0.4) is 0 Å². The Morgan fingerprint density at radius 3 is 2.79 bits per heavy atom. The van der Waals surface area contributed by atoms with Crippen molar-refractivity contribution in [3.05, 3.63) is 28.8 Å². The summed E-state index contributed by atoms with van der Waals surface area (Å²) in [6.07, 6.45) is 0. The van der Waals surface area contributed by atoms with Gasteiger partial charge in [0.15, 0.2) is 0 Å². The Balaban J connectivity index is 2.88. The van der Waals surface area contributed by atoms with Crippen molar-refractivity contribution in [3.63, 3.8) is 0 Å². The fraction of sp³-hybridized carbons (Fsp3) is 0.400. The Labute approximate surface area is 94.8 Å². The van der Waals surface area contributed by atoms with Gasteiger partial charge in [0.2, 0.25) is 0 Å². The van der Waals surface area contributed by atoms with Crippen LogP contribution in [0.15, 0.2) is 18.2 Å². The summed E-state index contributed by atoms with van der Waals surface area (Å²) in [4.78, 5) is 0. The molecule has 0 aliphatic heterocycles. The molecule has 0 amide bonds. The molecule has 1 unspecified atom stereocenters. The van der Waals surface area contributed by atoms with Crippen molar-refractivity contribution >= 4 is 24.2 Å². The zero-order chi connectivity index (χ0) is 10.6. The lowest BCUT2D eigenvalue weighted by molar-refractivity contribution is 0.340. The molecule has 0 bridgehead atoms. The molecule has 1 aromatic rings. The minimum atomic E-state index is -0.0773. The summed E-state index contributed by atoms with van der Waals surface area (Å²) in [7, 11) is 0. The first-order chi connectivity index (χ1) is 6.69. The number of hydrogen-bond donors (Lipinski definition) is 2. The van der Waals surface area contributed by atoms with E-state index in [2.05, 4.69) is 12.6 Å². The van der Waals surface area contributed by atoms with Crippen molar-refractivity contribution in [2.45, 2.75) is 13.0 Å². The van der Waals surface area contributed by atoms with E-state index in [9.17, 15) is 0 Å². The smallest absolute Gasteiger partial charge is 0.137 e. The van der Waals surface area contributed by atoms with Crippen LogP contribution >= 0.6 is 24.2 Å². The lowest BCUT2D eigenvalue weighted by Gasteiger charge is -2.11. The number of ether oxygens (including phenoxy) is 1. The van der Waals surface area contributed by atoms with Crippen molar-refractivity contribution in [1.29, 1.82) is 0 Å². The zero-order valence-electron chi connectivity index (χ0n) is 8.03. The third-order valence-corrected chi connectivity index (χ3v) is 2.57. The number of hydrogen-bond acceptors (Lipinski definition) is 3. The fourth-order valence-electron chi connectivity index (χ4n) is 1.13. The van der Waals surface area contributed by atoms with Crippen molar-refractivity contribution < 1.29 is 4.74 Å². The topological polar surface area (TPSA) is 35.2 Å². The maximum Gasteiger partial charge on any atom is 0.137 e. The number of nitrogens with two attached hydrogens (primary N) is 1. The van der Waals surface area contributed by atoms with Crippen LogP contribution in [0.4, 0.5) is 0 Å². The van der Waals surface area contributed by atoms with Crippen LogP contribution in [-0.2, 0) is 0 Å². The van der Waals surface area contributed by atoms with Crippen molar-refractivity contribution in [2.75, 3.05) is 12.4 Å². The van der Waals surface area contributed by atoms with E-state index in [-0.39, 0.29) is 6.04 Å². The molecule has 14 heavy (non-hydrogen) atoms. The van der Waals surface area contributed by atoms with Crippen LogP contribution in [0.25, 0.3) is 0 Å². The van der Waals surface area contributed by atoms with Gasteiger partial charge in [-0.1, -0.05) is 17.7 Å². The highest BCUT2D eigenvalue weighted by atomic mass is 35.5. The van der Waals surface area contributed by atoms with Gasteiger partial charge in [-0.3, -0.25) is 0 Å². The van der Waals surface area contributed by atoms with Crippen LogP contribution in [-0.4, -0.2) is 12.4 Å². The second-order valence-electron chi connectivity index (χ2n) is 2.91. The Morgan fingerprint density at radius 2 is 2.29 bits per heavy atom. The molecule has 0 heterocycles. The Bertz CT molecular complexity index is 306. The molecule has 1 rings (SSSR count). The Hall–Kier alpha value is -0.380. The largest absolute Gasteiger partial charge is 0.492 e. The number of rotatable bonds is 4. The predicted octanol–water partition coefficient (Wildman–Crippen LogP) is 2.67. The second kappa shape index (κ2) is 5.49. The highest BCUT2D eigenvalue weighted by Crippen LogP contribution is 2.27. The van der Waals surface area contributed by atoms with Gasteiger partial charge in [-0.25, -0.2) is 0 Å². The van der Waals surface area contributed by atoms with Crippen LogP contribution < -0.4 is 10.5 Å². The summed E-state index contributed by atoms with van der Waals surface area (Å²) in [6.45, 7) is 2.53. The van der Waals surface area contributed by atoms with Crippen molar-refractivity contribution in [3.8, 4) is 5.75 Å². The summed E-state index contributed by atoms with van der Waals surface area (Å²) in [5, 5.41) is 0.599. The lowest BCUT2D eigenvalue weighted by Crippen LogP contribution is -2.11. The molecule has 0 spiro atoms. The van der Waals surface area contributed by atoms with E-state index < -0.39 is 0 Å². The van der Waals surface area contributed by atoms with Gasteiger partial charge in [-0.15, -0.1) is 0 Å². The minimum absolute atomic E-state index is 0.0773. The molecule has 1 atom stereocenters. The normalized spacial score (nSPS) is 12.6. The predicted molar refractivity (Wildman–Crippen MR) is 63.4 cm³/mol. The maximum absolute atomic E-state index is 6.00. The number of thiol groups is 1. The molecular formula is C10H14ClNOS. The molecular weight excluding hydrogens is 218 g/mol. The monoisotopic (exact) mass is 231 g/mol. The first-order valence-corrected chi connectivity index (χ1v) is 5.48. The summed E-state index contributed by atoms with van der Waals surface area (Å²) in [5.74, 6) is 1.30. The Morgan fingerprint density at radius 1 is 1.57 bits per heavy atom. The molecule has 0 saturated heterocycles. The van der Waals surface area contributed by atoms with Crippen molar-refractivity contribution in [2.24, 2.45) is 5.73 Å². The molecule has 0 fully saturated rings. The maximum atomic E-state index is 6.00. The third-order valence-electron chi connectivity index (χ3n) is 1.88. The van der Waals surface area contributed by atoms with Gasteiger partial charge in [-0.05, 0) is 24.6 Å². The van der Waals surface area contributed by atoms with Gasteiger partial charge in [0.05, 0.1) is 11.6 Å². The summed E-state index contributed by atoms with van der Waals surface area (Å²) in [5.41, 5.74) is 6.79. The highest BCUT2D eigenvalue weighted by Gasteiger charge is 2.07. The number of benzene rings is 1. The summed E-state index contributed by atoms with van der Waals surface area (Å²) >= 11 is 10.1. The van der Waals surface area contributed by atoms with E-state index in [1.165, 1.54) is 0 Å². The van der Waals surface area contributed by atoms with E-state index in [0.717, 1.165) is 5.56 Å². The Kier molecular flexibility index (Phi) is 4.58. The van der Waals surface area contributed by atoms with Gasteiger partial charge >= 0.3 is 0 Å². The van der Waals surface area contributed by atoms with Gasteiger partial charge in [0.25, 0.3) is 0 Å². The molecule has 0 aliphatic carbocycles. The van der Waals surface area contributed by atoms with Gasteiger partial charge in [0.1, 0.15) is 5.75 Å². The third kappa shape index (κ3) is 2.80. The van der Waals surface area contributed by atoms with Crippen LogP contribution in [0.2, 0.25) is 5.02 Å². The summed E-state index contributed by atoms with van der Waals surface area (Å²) in [6, 6.07) is 5.50. The lowest BCUT2D eigenvalue weighted by atomic mass is 10.1. The van der Waals surface area contributed by atoms with E-state index >= 15 is 0 Å². The average molecular weight is 232 g/mol. The molecule has 2 N–H and O–H groups in total. The van der Waals surface area contributed by atoms with Gasteiger partial charge in [-0.2, -0.15) is 12.6 Å². The van der Waals surface area contributed by atoms with E-state index in [4.69, 9.17) is 22.1 Å². The molecule has 0 aromatic heterocycles. The average Bonchev–Trinajstić information content (AvgIpc) is 2.20. The van der Waals surface area contributed by atoms with E-state index in [1.54, 1.807) is 0 Å². The molecule has 0 aliphatic rings. The molecule has 0 radical (unpaired) electrons. The van der Waals surface area contributed by atoms with Crippen LogP contribution in [0.1, 0.15) is 18.5 Å². The molecule has 78 valence electrons. The quantitative estimate of drug-likeness (QED) is 0.782. The van der Waals surface area contributed by atoms with E-state index in [1.807, 2.05) is 25.1 Å². The SMILES string of the molecule is CCOc1ccc(C(N)CS)cc1Cl. The first-order valence-electron chi connectivity index (χ1n) is 4.47. The van der Waals surface area contributed by atoms with Gasteiger partial charge in [0, 0.05) is 11.8 Å². The summed E-state index contributed by atoms with van der Waals surface area (Å²) < 4.78 is 5.31. The standard InChI is InChI=1S/C10H14ClNOS/c1-2-13-10-4-3-7(5-8(10)11)9(12)6-14/h3-5,9,14H,2,6,12H2,1H3. The highest BCUT2D eigenvalue weighted by molar-refractivity contribution is 7.80. The fourth-order valence-corrected chi connectivity index (χ4v) is 1.58. The molecule has 1 aromatic carbocycles.